The molecule has 0 atom stereocenters. The number of aliphatic hydroxyl groups excluding tert-OH is 1. The smallest absolute Gasteiger partial charge is 0.275 e. The fraction of sp³-hybridized carbons (Fsp3) is 0.160. The summed E-state index contributed by atoms with van der Waals surface area (Å²) in [7, 11) is 0. The van der Waals surface area contributed by atoms with Gasteiger partial charge in [0.25, 0.3) is 5.91 Å². The molecule has 34 heavy (non-hydrogen) atoms. The number of benzene rings is 2. The van der Waals surface area contributed by atoms with Crippen molar-refractivity contribution in [1.29, 1.82) is 0 Å². The second kappa shape index (κ2) is 8.97. The number of hydrogen-bond acceptors (Lipinski definition) is 5. The van der Waals surface area contributed by atoms with Crippen LogP contribution in [0.4, 0.5) is 0 Å². The van der Waals surface area contributed by atoms with Crippen molar-refractivity contribution in [1.82, 2.24) is 25.2 Å². The molecule has 0 unspecified atom stereocenters. The minimum Gasteiger partial charge on any atom is -0.394 e. The van der Waals surface area contributed by atoms with Crippen LogP contribution in [-0.2, 0) is 11.4 Å². The summed E-state index contributed by atoms with van der Waals surface area (Å²) in [4.78, 5) is 36.3. The van der Waals surface area contributed by atoms with E-state index in [0.717, 1.165) is 44.5 Å². The number of carbonyl (C=O) groups is 1. The van der Waals surface area contributed by atoms with Crippen LogP contribution in [0.2, 0.25) is 0 Å². The number of fused-ring (bicyclic) bond motifs is 2. The van der Waals surface area contributed by atoms with Crippen molar-refractivity contribution in [2.24, 2.45) is 0 Å². The van der Waals surface area contributed by atoms with Gasteiger partial charge in [0.05, 0.1) is 31.0 Å². The van der Waals surface area contributed by atoms with Crippen LogP contribution < -0.4 is 11.0 Å². The Morgan fingerprint density at radius 2 is 1.94 bits per heavy atom. The summed E-state index contributed by atoms with van der Waals surface area (Å²) in [6.45, 7) is 2.33. The fourth-order valence-electron chi connectivity index (χ4n) is 3.94. The number of H-pyrrole nitrogens is 2. The number of aryl methyl sites for hydroxylation is 1. The number of aliphatic hydroxyl groups is 1. The molecule has 4 N–H and O–H groups in total. The Morgan fingerprint density at radius 3 is 2.76 bits per heavy atom. The van der Waals surface area contributed by atoms with Crippen molar-refractivity contribution < 1.29 is 14.7 Å². The first-order valence-corrected chi connectivity index (χ1v) is 10.8. The maximum absolute atomic E-state index is 12.2. The SMILES string of the molecule is Cc1cc(-c2ccc3[nH]n(Cc4ccc5[nH]c(=O)ccc5c4)c3n2)ccc1C(=O)NOCCO. The number of amides is 1. The van der Waals surface area contributed by atoms with Gasteiger partial charge in [-0.2, -0.15) is 0 Å². The second-order valence-electron chi connectivity index (χ2n) is 8.04. The first kappa shape index (κ1) is 21.6. The van der Waals surface area contributed by atoms with Crippen LogP contribution in [0, 0.1) is 6.92 Å². The molecule has 1 amide bonds. The molecule has 0 fully saturated rings. The van der Waals surface area contributed by atoms with Gasteiger partial charge in [-0.05, 0) is 65.9 Å². The van der Waals surface area contributed by atoms with E-state index in [-0.39, 0.29) is 24.7 Å². The molecule has 0 spiro atoms. The number of hydroxylamine groups is 1. The zero-order valence-corrected chi connectivity index (χ0v) is 18.5. The molecular weight excluding hydrogens is 434 g/mol. The summed E-state index contributed by atoms with van der Waals surface area (Å²) < 4.78 is 1.97. The van der Waals surface area contributed by atoms with Crippen LogP contribution in [0.25, 0.3) is 33.3 Å². The molecule has 5 aromatic rings. The molecule has 0 aliphatic heterocycles. The molecule has 0 radical (unpaired) electrons. The molecule has 0 aliphatic rings. The molecule has 3 aromatic heterocycles. The number of rotatable bonds is 7. The molecule has 3 heterocycles. The predicted octanol–water partition coefficient (Wildman–Crippen LogP) is 2.88. The van der Waals surface area contributed by atoms with Crippen LogP contribution in [0.15, 0.2) is 65.5 Å². The third-order valence-corrected chi connectivity index (χ3v) is 5.64. The third kappa shape index (κ3) is 4.21. The van der Waals surface area contributed by atoms with Gasteiger partial charge in [-0.1, -0.05) is 12.1 Å². The van der Waals surface area contributed by atoms with Crippen LogP contribution in [0.1, 0.15) is 21.5 Å². The lowest BCUT2D eigenvalue weighted by Crippen LogP contribution is -2.25. The first-order valence-electron chi connectivity index (χ1n) is 10.8. The minimum atomic E-state index is -0.363. The van der Waals surface area contributed by atoms with E-state index in [9.17, 15) is 9.59 Å². The van der Waals surface area contributed by atoms with Crippen LogP contribution in [0.3, 0.4) is 0 Å². The summed E-state index contributed by atoms with van der Waals surface area (Å²) in [5.74, 6) is -0.363. The molecule has 9 heteroatoms. The van der Waals surface area contributed by atoms with Gasteiger partial charge >= 0.3 is 0 Å². The lowest BCUT2D eigenvalue weighted by Gasteiger charge is -2.17. The van der Waals surface area contributed by atoms with Gasteiger partial charge < -0.3 is 10.1 Å². The number of aromatic nitrogens is 4. The molecule has 2 aromatic carbocycles. The van der Waals surface area contributed by atoms with Crippen LogP contribution in [0.5, 0.6) is 0 Å². The van der Waals surface area contributed by atoms with Gasteiger partial charge in [-0.15, -0.1) is 0 Å². The summed E-state index contributed by atoms with van der Waals surface area (Å²) in [5.41, 5.74) is 8.86. The Bertz CT molecular complexity index is 1560. The Morgan fingerprint density at radius 1 is 1.09 bits per heavy atom. The third-order valence-electron chi connectivity index (χ3n) is 5.64. The van der Waals surface area contributed by atoms with E-state index in [1.807, 2.05) is 60.1 Å². The van der Waals surface area contributed by atoms with Crippen molar-refractivity contribution in [2.45, 2.75) is 13.5 Å². The highest BCUT2D eigenvalue weighted by Crippen LogP contribution is 2.25. The van der Waals surface area contributed by atoms with E-state index in [2.05, 4.69) is 15.6 Å². The summed E-state index contributed by atoms with van der Waals surface area (Å²) in [6, 6.07) is 18.7. The normalized spacial score (nSPS) is 11.4. The van der Waals surface area contributed by atoms with Gasteiger partial charge in [0.2, 0.25) is 5.56 Å². The molecule has 0 saturated heterocycles. The molecule has 0 saturated carbocycles. The number of nitrogens with zero attached hydrogens (tertiary/aromatic N) is 2. The largest absolute Gasteiger partial charge is 0.394 e. The highest BCUT2D eigenvalue weighted by molar-refractivity contribution is 5.95. The zero-order valence-electron chi connectivity index (χ0n) is 18.5. The van der Waals surface area contributed by atoms with Crippen molar-refractivity contribution in [3.8, 4) is 11.3 Å². The maximum Gasteiger partial charge on any atom is 0.275 e. The van der Waals surface area contributed by atoms with Gasteiger partial charge in [0, 0.05) is 22.7 Å². The summed E-state index contributed by atoms with van der Waals surface area (Å²) >= 11 is 0. The Hall–Kier alpha value is -4.21. The first-order chi connectivity index (χ1) is 16.5. The molecular formula is C25H23N5O4. The second-order valence-corrected chi connectivity index (χ2v) is 8.04. The van der Waals surface area contributed by atoms with Gasteiger partial charge in [0.15, 0.2) is 5.65 Å². The number of nitrogens with one attached hydrogen (secondary N) is 3. The van der Waals surface area contributed by atoms with Gasteiger partial charge in [-0.3, -0.25) is 24.2 Å². The number of pyridine rings is 2. The molecule has 5 rings (SSSR count). The minimum absolute atomic E-state index is 0.0329. The Kier molecular flexibility index (Phi) is 5.70. The Labute approximate surface area is 194 Å². The molecule has 0 aliphatic carbocycles. The van der Waals surface area contributed by atoms with E-state index in [1.54, 1.807) is 6.07 Å². The van der Waals surface area contributed by atoms with Crippen LogP contribution >= 0.6 is 0 Å². The number of hydrogen-bond donors (Lipinski definition) is 4. The van der Waals surface area contributed by atoms with Gasteiger partial charge in [0.1, 0.15) is 0 Å². The van der Waals surface area contributed by atoms with E-state index < -0.39 is 0 Å². The van der Waals surface area contributed by atoms with Crippen molar-refractivity contribution in [3.05, 3.63) is 87.7 Å². The number of aromatic amines is 2. The molecule has 0 bridgehead atoms. The Balaban J connectivity index is 1.38. The highest BCUT2D eigenvalue weighted by Gasteiger charge is 2.13. The lowest BCUT2D eigenvalue weighted by atomic mass is 10.0. The highest BCUT2D eigenvalue weighted by atomic mass is 16.7. The van der Waals surface area contributed by atoms with Crippen LogP contribution in [-0.4, -0.2) is 44.0 Å². The van der Waals surface area contributed by atoms with E-state index in [0.29, 0.717) is 12.1 Å². The quantitative estimate of drug-likeness (QED) is 0.221. The van der Waals surface area contributed by atoms with Gasteiger partial charge in [-0.25, -0.2) is 10.5 Å². The average Bonchev–Trinajstić information content (AvgIpc) is 2.82. The van der Waals surface area contributed by atoms with Crippen molar-refractivity contribution in [3.63, 3.8) is 0 Å². The summed E-state index contributed by atoms with van der Waals surface area (Å²) in [6.07, 6.45) is 0. The van der Waals surface area contributed by atoms with Crippen molar-refractivity contribution >= 4 is 28.0 Å². The predicted molar refractivity (Wildman–Crippen MR) is 128 cm³/mol. The van der Waals surface area contributed by atoms with E-state index >= 15 is 0 Å². The summed E-state index contributed by atoms with van der Waals surface area (Å²) in [5, 5.41) is 13.0. The monoisotopic (exact) mass is 457 g/mol. The number of carbonyl (C=O) groups excluding carboxylic acids is 1. The maximum atomic E-state index is 12.2. The van der Waals surface area contributed by atoms with Crippen molar-refractivity contribution in [2.75, 3.05) is 13.2 Å². The van der Waals surface area contributed by atoms with E-state index in [4.69, 9.17) is 14.9 Å². The zero-order chi connectivity index (χ0) is 23.7. The average molecular weight is 457 g/mol. The fourth-order valence-corrected chi connectivity index (χ4v) is 3.94. The topological polar surface area (TPSA) is 125 Å². The van der Waals surface area contributed by atoms with E-state index in [1.165, 1.54) is 6.07 Å². The molecule has 172 valence electrons. The lowest BCUT2D eigenvalue weighted by molar-refractivity contribution is 0.0168. The standard InChI is InChI=1S/C25H23N5O4/c1-15-12-17(3-5-19(15)25(33)29-34-11-10-31)21-7-8-22-24(27-21)30(28-22)14-16-2-6-20-18(13-16)4-9-23(32)26-20/h2-9,12-13,28,31H,10-11,14H2,1H3,(H,26,32)(H,29,33). The molecule has 9 nitrogen and oxygen atoms in total.